The molecule has 0 saturated carbocycles. The Kier molecular flexibility index (Phi) is 4.47. The van der Waals surface area contributed by atoms with Crippen LogP contribution in [0.3, 0.4) is 0 Å². The van der Waals surface area contributed by atoms with E-state index in [4.69, 9.17) is 10.5 Å². The van der Waals surface area contributed by atoms with Gasteiger partial charge in [0.15, 0.2) is 5.96 Å². The third-order valence-corrected chi connectivity index (χ3v) is 4.17. The number of aliphatic imine (C=N–C) groups is 1. The van der Waals surface area contributed by atoms with Crippen LogP contribution in [0.1, 0.15) is 5.01 Å². The van der Waals surface area contributed by atoms with Gasteiger partial charge in [-0.25, -0.2) is 9.98 Å². The first kappa shape index (κ1) is 14.0. The lowest BCUT2D eigenvalue weighted by Crippen LogP contribution is -2.44. The van der Waals surface area contributed by atoms with Crippen LogP contribution in [0.5, 0.6) is 0 Å². The number of benzene rings is 1. The number of thiazole rings is 1. The van der Waals surface area contributed by atoms with Gasteiger partial charge in [-0.1, -0.05) is 30.3 Å². The van der Waals surface area contributed by atoms with E-state index in [-0.39, 0.29) is 0 Å². The highest BCUT2D eigenvalue weighted by Gasteiger charge is 2.12. The second-order valence-corrected chi connectivity index (χ2v) is 5.71. The molecule has 2 aromatic rings. The van der Waals surface area contributed by atoms with Crippen molar-refractivity contribution >= 4 is 17.3 Å². The zero-order valence-corrected chi connectivity index (χ0v) is 12.6. The molecule has 0 amide bonds. The number of guanidine groups is 1. The Labute approximate surface area is 128 Å². The smallest absolute Gasteiger partial charge is 0.191 e. The normalized spacial score (nSPS) is 16.2. The van der Waals surface area contributed by atoms with E-state index in [0.29, 0.717) is 25.7 Å². The van der Waals surface area contributed by atoms with Crippen molar-refractivity contribution in [2.24, 2.45) is 10.7 Å². The van der Waals surface area contributed by atoms with Crippen LogP contribution in [0.25, 0.3) is 11.3 Å². The van der Waals surface area contributed by atoms with E-state index < -0.39 is 0 Å². The fourth-order valence-corrected chi connectivity index (χ4v) is 2.89. The maximum atomic E-state index is 6.01. The van der Waals surface area contributed by atoms with E-state index in [0.717, 1.165) is 29.4 Å². The minimum Gasteiger partial charge on any atom is -0.378 e. The summed E-state index contributed by atoms with van der Waals surface area (Å²) in [5, 5.41) is 3.04. The number of hydrogen-bond donors (Lipinski definition) is 1. The van der Waals surface area contributed by atoms with Gasteiger partial charge in [0.1, 0.15) is 5.01 Å². The van der Waals surface area contributed by atoms with Gasteiger partial charge in [-0.2, -0.15) is 0 Å². The Morgan fingerprint density at radius 2 is 2.05 bits per heavy atom. The van der Waals surface area contributed by atoms with Crippen molar-refractivity contribution in [1.82, 2.24) is 9.88 Å². The number of rotatable bonds is 3. The van der Waals surface area contributed by atoms with Gasteiger partial charge < -0.3 is 15.4 Å². The third kappa shape index (κ3) is 3.59. The second kappa shape index (κ2) is 6.69. The standard InChI is InChI=1S/C15H18N4OS/c16-15(19-6-8-20-9-7-19)17-10-14-18-13(11-21-14)12-4-2-1-3-5-12/h1-5,11H,6-10H2,(H2,16,17). The Morgan fingerprint density at radius 1 is 1.29 bits per heavy atom. The first-order valence-electron chi connectivity index (χ1n) is 6.95. The third-order valence-electron chi connectivity index (χ3n) is 3.33. The van der Waals surface area contributed by atoms with E-state index in [2.05, 4.69) is 32.4 Å². The fraction of sp³-hybridized carbons (Fsp3) is 0.333. The average Bonchev–Trinajstić information content (AvgIpc) is 3.03. The van der Waals surface area contributed by atoms with Gasteiger partial charge in [0, 0.05) is 24.0 Å². The van der Waals surface area contributed by atoms with Gasteiger partial charge in [0.2, 0.25) is 0 Å². The lowest BCUT2D eigenvalue weighted by atomic mass is 10.2. The van der Waals surface area contributed by atoms with Crippen LogP contribution in [0.2, 0.25) is 0 Å². The molecule has 1 aliphatic rings. The molecule has 1 saturated heterocycles. The Balaban J connectivity index is 1.64. The van der Waals surface area contributed by atoms with Crippen molar-refractivity contribution in [2.45, 2.75) is 6.54 Å². The molecule has 1 fully saturated rings. The lowest BCUT2D eigenvalue weighted by Gasteiger charge is -2.27. The number of morpholine rings is 1. The molecular weight excluding hydrogens is 284 g/mol. The highest BCUT2D eigenvalue weighted by atomic mass is 32.1. The van der Waals surface area contributed by atoms with Crippen LogP contribution < -0.4 is 5.73 Å². The molecule has 0 aliphatic carbocycles. The van der Waals surface area contributed by atoms with Gasteiger partial charge >= 0.3 is 0 Å². The van der Waals surface area contributed by atoms with Crippen molar-refractivity contribution < 1.29 is 4.74 Å². The molecule has 0 spiro atoms. The summed E-state index contributed by atoms with van der Waals surface area (Å²) < 4.78 is 5.30. The number of ether oxygens (including phenoxy) is 1. The molecule has 0 atom stereocenters. The summed E-state index contributed by atoms with van der Waals surface area (Å²) in [6.45, 7) is 3.57. The monoisotopic (exact) mass is 302 g/mol. The van der Waals surface area contributed by atoms with Crippen molar-refractivity contribution in [1.29, 1.82) is 0 Å². The van der Waals surface area contributed by atoms with Crippen LogP contribution >= 0.6 is 11.3 Å². The van der Waals surface area contributed by atoms with E-state index in [9.17, 15) is 0 Å². The topological polar surface area (TPSA) is 63.7 Å². The van der Waals surface area contributed by atoms with Crippen molar-refractivity contribution in [2.75, 3.05) is 26.3 Å². The van der Waals surface area contributed by atoms with E-state index in [1.165, 1.54) is 0 Å². The molecule has 0 unspecified atom stereocenters. The van der Waals surface area contributed by atoms with Crippen molar-refractivity contribution in [3.8, 4) is 11.3 Å². The summed E-state index contributed by atoms with van der Waals surface area (Å²) in [7, 11) is 0. The highest BCUT2D eigenvalue weighted by molar-refractivity contribution is 7.09. The summed E-state index contributed by atoms with van der Waals surface area (Å²) in [4.78, 5) is 11.1. The van der Waals surface area contributed by atoms with Gasteiger partial charge in [-0.3, -0.25) is 0 Å². The number of nitrogens with two attached hydrogens (primary N) is 1. The second-order valence-electron chi connectivity index (χ2n) is 4.77. The van der Waals surface area contributed by atoms with Gasteiger partial charge in [0.25, 0.3) is 0 Å². The molecule has 1 aromatic carbocycles. The largest absolute Gasteiger partial charge is 0.378 e. The molecular formula is C15H18N4OS. The quantitative estimate of drug-likeness (QED) is 0.695. The Hall–Kier alpha value is -1.92. The van der Waals surface area contributed by atoms with Crippen LogP contribution in [0.4, 0.5) is 0 Å². The average molecular weight is 302 g/mol. The molecule has 2 heterocycles. The molecule has 3 rings (SSSR count). The van der Waals surface area contributed by atoms with E-state index >= 15 is 0 Å². The molecule has 0 radical (unpaired) electrons. The predicted molar refractivity (Wildman–Crippen MR) is 85.3 cm³/mol. The zero-order chi connectivity index (χ0) is 14.5. The minimum absolute atomic E-state index is 0.528. The Morgan fingerprint density at radius 3 is 2.81 bits per heavy atom. The summed E-state index contributed by atoms with van der Waals surface area (Å²) >= 11 is 1.62. The fourth-order valence-electron chi connectivity index (χ4n) is 2.17. The van der Waals surface area contributed by atoms with Crippen molar-refractivity contribution in [3.63, 3.8) is 0 Å². The maximum absolute atomic E-state index is 6.01. The van der Waals surface area contributed by atoms with E-state index in [1.807, 2.05) is 18.2 Å². The molecule has 6 heteroatoms. The van der Waals surface area contributed by atoms with Crippen LogP contribution in [-0.2, 0) is 11.3 Å². The Bertz CT molecular complexity index is 605. The molecule has 5 nitrogen and oxygen atoms in total. The van der Waals surface area contributed by atoms with Gasteiger partial charge in [-0.05, 0) is 0 Å². The van der Waals surface area contributed by atoms with Crippen LogP contribution in [0, 0.1) is 0 Å². The van der Waals surface area contributed by atoms with Gasteiger partial charge in [0.05, 0.1) is 25.5 Å². The molecule has 0 bridgehead atoms. The molecule has 2 N–H and O–H groups in total. The lowest BCUT2D eigenvalue weighted by molar-refractivity contribution is 0.0674. The summed E-state index contributed by atoms with van der Waals surface area (Å²) in [5.41, 5.74) is 8.14. The number of aromatic nitrogens is 1. The van der Waals surface area contributed by atoms with Gasteiger partial charge in [-0.15, -0.1) is 11.3 Å². The molecule has 1 aliphatic heterocycles. The zero-order valence-electron chi connectivity index (χ0n) is 11.7. The molecule has 110 valence electrons. The van der Waals surface area contributed by atoms with Crippen LogP contribution in [0.15, 0.2) is 40.7 Å². The van der Waals surface area contributed by atoms with Crippen molar-refractivity contribution in [3.05, 3.63) is 40.7 Å². The summed E-state index contributed by atoms with van der Waals surface area (Å²) in [6.07, 6.45) is 0. The van der Waals surface area contributed by atoms with E-state index in [1.54, 1.807) is 11.3 Å². The number of hydrogen-bond acceptors (Lipinski definition) is 4. The number of nitrogens with zero attached hydrogens (tertiary/aromatic N) is 3. The van der Waals surface area contributed by atoms with Crippen LogP contribution in [-0.4, -0.2) is 42.1 Å². The SMILES string of the molecule is NC(=NCc1nc(-c2ccccc2)cs1)N1CCOCC1. The molecule has 1 aromatic heterocycles. The highest BCUT2D eigenvalue weighted by Crippen LogP contribution is 2.21. The first-order chi connectivity index (χ1) is 10.3. The summed E-state index contributed by atoms with van der Waals surface area (Å²) in [6, 6.07) is 10.2. The summed E-state index contributed by atoms with van der Waals surface area (Å²) in [5.74, 6) is 0.578. The minimum atomic E-state index is 0.528. The molecule has 21 heavy (non-hydrogen) atoms. The first-order valence-corrected chi connectivity index (χ1v) is 7.83. The predicted octanol–water partition coefficient (Wildman–Crippen LogP) is 1.96. The maximum Gasteiger partial charge on any atom is 0.191 e.